The van der Waals surface area contributed by atoms with Gasteiger partial charge >= 0.3 is 0 Å². The highest BCUT2D eigenvalue weighted by Gasteiger charge is 2.34. The van der Waals surface area contributed by atoms with Gasteiger partial charge in [0.25, 0.3) is 0 Å². The third-order valence-corrected chi connectivity index (χ3v) is 4.45. The Balaban J connectivity index is 2.17. The van der Waals surface area contributed by atoms with E-state index in [-0.39, 0.29) is 6.04 Å². The minimum absolute atomic E-state index is 0.231. The highest BCUT2D eigenvalue weighted by molar-refractivity contribution is 5.50. The van der Waals surface area contributed by atoms with Crippen molar-refractivity contribution in [2.45, 2.75) is 46.1 Å². The molecule has 0 amide bonds. The fraction of sp³-hybridized carbons (Fsp3) is 0.800. The van der Waals surface area contributed by atoms with Gasteiger partial charge in [0.15, 0.2) is 0 Å². The van der Waals surface area contributed by atoms with E-state index in [2.05, 4.69) is 37.8 Å². The standard InChI is InChI=1S/C15H28N4/c1-6-13(16)8-14-11(3)17-19(5)15(14)18(4)9-12-7-10(12)2/h10,12-13H,6-9,16H2,1-5H3. The van der Waals surface area contributed by atoms with Crippen LogP contribution in [0.3, 0.4) is 0 Å². The van der Waals surface area contributed by atoms with Crippen LogP contribution in [-0.4, -0.2) is 29.4 Å². The summed E-state index contributed by atoms with van der Waals surface area (Å²) in [6.45, 7) is 7.70. The average Bonchev–Trinajstić information content (AvgIpc) is 2.94. The quantitative estimate of drug-likeness (QED) is 0.856. The maximum atomic E-state index is 6.13. The van der Waals surface area contributed by atoms with Gasteiger partial charge in [-0.1, -0.05) is 13.8 Å². The van der Waals surface area contributed by atoms with Crippen LogP contribution in [-0.2, 0) is 13.5 Å². The number of rotatable bonds is 6. The molecule has 1 heterocycles. The Morgan fingerprint density at radius 2 is 2.16 bits per heavy atom. The molecule has 0 radical (unpaired) electrons. The van der Waals surface area contributed by atoms with Crippen LogP contribution in [0.15, 0.2) is 0 Å². The van der Waals surface area contributed by atoms with Crippen LogP contribution in [0.5, 0.6) is 0 Å². The smallest absolute Gasteiger partial charge is 0.129 e. The molecule has 1 aromatic rings. The Hall–Kier alpha value is -1.03. The summed E-state index contributed by atoms with van der Waals surface area (Å²) in [6.07, 6.45) is 3.30. The molecule has 4 heteroatoms. The summed E-state index contributed by atoms with van der Waals surface area (Å²) in [6, 6.07) is 0.231. The van der Waals surface area contributed by atoms with Gasteiger partial charge < -0.3 is 10.6 Å². The maximum absolute atomic E-state index is 6.13. The molecule has 19 heavy (non-hydrogen) atoms. The molecule has 0 aliphatic heterocycles. The van der Waals surface area contributed by atoms with Crippen molar-refractivity contribution in [2.24, 2.45) is 24.6 Å². The minimum atomic E-state index is 0.231. The molecular formula is C15H28N4. The first-order valence-corrected chi connectivity index (χ1v) is 7.43. The zero-order chi connectivity index (χ0) is 14.2. The molecule has 0 bridgehead atoms. The summed E-state index contributed by atoms with van der Waals surface area (Å²) in [7, 11) is 4.22. The summed E-state index contributed by atoms with van der Waals surface area (Å²) >= 11 is 0. The topological polar surface area (TPSA) is 47.1 Å². The van der Waals surface area contributed by atoms with Crippen LogP contribution in [0.4, 0.5) is 5.82 Å². The highest BCUT2D eigenvalue weighted by atomic mass is 15.4. The third-order valence-electron chi connectivity index (χ3n) is 4.45. The Labute approximate surface area is 117 Å². The van der Waals surface area contributed by atoms with E-state index in [1.165, 1.54) is 17.8 Å². The van der Waals surface area contributed by atoms with Crippen LogP contribution in [0.1, 0.15) is 37.9 Å². The van der Waals surface area contributed by atoms with Crippen molar-refractivity contribution >= 4 is 5.82 Å². The lowest BCUT2D eigenvalue weighted by atomic mass is 10.0. The van der Waals surface area contributed by atoms with Crippen LogP contribution in [0, 0.1) is 18.8 Å². The van der Waals surface area contributed by atoms with Gasteiger partial charge in [-0.3, -0.25) is 4.68 Å². The van der Waals surface area contributed by atoms with E-state index in [1.807, 2.05) is 11.7 Å². The van der Waals surface area contributed by atoms with Crippen LogP contribution >= 0.6 is 0 Å². The molecule has 3 atom stereocenters. The molecule has 1 aliphatic carbocycles. The Bertz CT molecular complexity index is 438. The van der Waals surface area contributed by atoms with Crippen molar-refractivity contribution in [3.05, 3.63) is 11.3 Å². The van der Waals surface area contributed by atoms with Crippen molar-refractivity contribution < 1.29 is 0 Å². The van der Waals surface area contributed by atoms with Crippen molar-refractivity contribution in [3.8, 4) is 0 Å². The Kier molecular flexibility index (Phi) is 4.19. The number of aryl methyl sites for hydroxylation is 2. The second kappa shape index (κ2) is 5.53. The fourth-order valence-corrected chi connectivity index (χ4v) is 2.90. The summed E-state index contributed by atoms with van der Waals surface area (Å²) in [4.78, 5) is 2.37. The Morgan fingerprint density at radius 3 is 2.68 bits per heavy atom. The lowest BCUT2D eigenvalue weighted by Crippen LogP contribution is -2.27. The molecule has 1 aromatic heterocycles. The number of aromatic nitrogens is 2. The van der Waals surface area contributed by atoms with Gasteiger partial charge in [0.05, 0.1) is 5.69 Å². The molecule has 2 rings (SSSR count). The van der Waals surface area contributed by atoms with Gasteiger partial charge in [0.1, 0.15) is 5.82 Å². The number of nitrogens with two attached hydrogens (primary N) is 1. The molecule has 1 fully saturated rings. The third kappa shape index (κ3) is 3.11. The van der Waals surface area contributed by atoms with Crippen LogP contribution < -0.4 is 10.6 Å². The van der Waals surface area contributed by atoms with Crippen LogP contribution in [0.25, 0.3) is 0 Å². The summed E-state index contributed by atoms with van der Waals surface area (Å²) in [5, 5.41) is 4.59. The molecule has 0 aromatic carbocycles. The molecule has 1 aliphatic rings. The molecular weight excluding hydrogens is 236 g/mol. The molecule has 4 nitrogen and oxygen atoms in total. The van der Waals surface area contributed by atoms with Crippen molar-refractivity contribution in [2.75, 3.05) is 18.5 Å². The fourth-order valence-electron chi connectivity index (χ4n) is 2.90. The first-order valence-electron chi connectivity index (χ1n) is 7.43. The van der Waals surface area contributed by atoms with Gasteiger partial charge in [-0.05, 0) is 38.0 Å². The van der Waals surface area contributed by atoms with E-state index in [4.69, 9.17) is 5.73 Å². The zero-order valence-corrected chi connectivity index (χ0v) is 13.0. The molecule has 1 saturated carbocycles. The summed E-state index contributed by atoms with van der Waals surface area (Å²) in [5.74, 6) is 2.99. The van der Waals surface area contributed by atoms with E-state index in [0.29, 0.717) is 0 Å². The number of hydrogen-bond donors (Lipinski definition) is 1. The van der Waals surface area contributed by atoms with Gasteiger partial charge in [-0.15, -0.1) is 0 Å². The lowest BCUT2D eigenvalue weighted by Gasteiger charge is -2.22. The minimum Gasteiger partial charge on any atom is -0.359 e. The predicted molar refractivity (Wildman–Crippen MR) is 80.5 cm³/mol. The average molecular weight is 264 g/mol. The molecule has 2 N–H and O–H groups in total. The normalized spacial score (nSPS) is 23.5. The Morgan fingerprint density at radius 1 is 1.53 bits per heavy atom. The number of anilines is 1. The monoisotopic (exact) mass is 264 g/mol. The van der Waals surface area contributed by atoms with Crippen molar-refractivity contribution in [1.29, 1.82) is 0 Å². The van der Waals surface area contributed by atoms with E-state index in [9.17, 15) is 0 Å². The molecule has 0 saturated heterocycles. The van der Waals surface area contributed by atoms with E-state index < -0.39 is 0 Å². The maximum Gasteiger partial charge on any atom is 0.129 e. The zero-order valence-electron chi connectivity index (χ0n) is 13.0. The summed E-state index contributed by atoms with van der Waals surface area (Å²) in [5.41, 5.74) is 8.58. The van der Waals surface area contributed by atoms with Gasteiger partial charge in [0.2, 0.25) is 0 Å². The van der Waals surface area contributed by atoms with Gasteiger partial charge in [-0.2, -0.15) is 5.10 Å². The summed E-state index contributed by atoms with van der Waals surface area (Å²) < 4.78 is 2.01. The number of hydrogen-bond acceptors (Lipinski definition) is 3. The van der Waals surface area contributed by atoms with Crippen molar-refractivity contribution in [1.82, 2.24) is 9.78 Å². The van der Waals surface area contributed by atoms with Gasteiger partial charge in [0, 0.05) is 32.2 Å². The second-order valence-electron chi connectivity index (χ2n) is 6.24. The lowest BCUT2D eigenvalue weighted by molar-refractivity contribution is 0.639. The molecule has 3 unspecified atom stereocenters. The van der Waals surface area contributed by atoms with E-state index >= 15 is 0 Å². The first-order chi connectivity index (χ1) is 8.93. The predicted octanol–water partition coefficient (Wildman–Crippen LogP) is 2.10. The van der Waals surface area contributed by atoms with Gasteiger partial charge in [-0.25, -0.2) is 0 Å². The van der Waals surface area contributed by atoms with E-state index in [1.54, 1.807) is 0 Å². The SMILES string of the molecule is CCC(N)Cc1c(C)nn(C)c1N(C)CC1CC1C. The van der Waals surface area contributed by atoms with E-state index in [0.717, 1.165) is 36.9 Å². The number of nitrogens with zero attached hydrogens (tertiary/aromatic N) is 3. The second-order valence-corrected chi connectivity index (χ2v) is 6.24. The largest absolute Gasteiger partial charge is 0.359 e. The van der Waals surface area contributed by atoms with Crippen molar-refractivity contribution in [3.63, 3.8) is 0 Å². The molecule has 108 valence electrons. The molecule has 0 spiro atoms. The van der Waals surface area contributed by atoms with Crippen LogP contribution in [0.2, 0.25) is 0 Å². The first kappa shape index (κ1) is 14.4. The highest BCUT2D eigenvalue weighted by Crippen LogP contribution is 2.39.